The molecule has 1 saturated heterocycles. The molecule has 1 aliphatic carbocycles. The highest BCUT2D eigenvalue weighted by Gasteiger charge is 2.38. The van der Waals surface area contributed by atoms with Crippen LogP contribution in [0.3, 0.4) is 0 Å². The molecule has 0 radical (unpaired) electrons. The molecule has 2 heterocycles. The number of aryl methyl sites for hydroxylation is 2. The van der Waals surface area contributed by atoms with Crippen molar-refractivity contribution in [2.24, 2.45) is 7.05 Å². The van der Waals surface area contributed by atoms with Crippen molar-refractivity contribution in [2.45, 2.75) is 82.4 Å². The molecule has 25 heavy (non-hydrogen) atoms. The molecule has 2 N–H and O–H groups in total. The molecule has 5 heteroatoms. The van der Waals surface area contributed by atoms with Crippen LogP contribution in [0.4, 0.5) is 4.79 Å². The second-order valence-electron chi connectivity index (χ2n) is 7.95. The SMILES string of the molecule is C[C@H](CCc1cccn1C)NC(=O)N[C@@H]1CCOC2(CCCCC2)C1. The highest BCUT2D eigenvalue weighted by Crippen LogP contribution is 2.38. The maximum absolute atomic E-state index is 12.4. The van der Waals surface area contributed by atoms with Crippen LogP contribution in [-0.4, -0.2) is 34.9 Å². The molecule has 1 spiro atoms. The van der Waals surface area contributed by atoms with E-state index in [-0.39, 0.29) is 23.7 Å². The topological polar surface area (TPSA) is 55.3 Å². The molecule has 1 aromatic rings. The van der Waals surface area contributed by atoms with Gasteiger partial charge in [-0.2, -0.15) is 0 Å². The second kappa shape index (κ2) is 8.26. The van der Waals surface area contributed by atoms with Crippen LogP contribution in [0.1, 0.15) is 64.0 Å². The van der Waals surface area contributed by atoms with Crippen LogP contribution >= 0.6 is 0 Å². The van der Waals surface area contributed by atoms with Crippen LogP contribution in [-0.2, 0) is 18.2 Å². The number of rotatable bonds is 5. The van der Waals surface area contributed by atoms with E-state index < -0.39 is 0 Å². The smallest absolute Gasteiger partial charge is 0.315 e. The Morgan fingerprint density at radius 2 is 2.20 bits per heavy atom. The fourth-order valence-corrected chi connectivity index (χ4v) is 4.34. The Hall–Kier alpha value is -1.49. The largest absolute Gasteiger partial charge is 0.375 e. The first-order valence-electron chi connectivity index (χ1n) is 9.87. The molecule has 2 atom stereocenters. The normalized spacial score (nSPS) is 24.0. The third-order valence-electron chi connectivity index (χ3n) is 5.86. The van der Waals surface area contributed by atoms with Crippen molar-refractivity contribution >= 4 is 6.03 Å². The summed E-state index contributed by atoms with van der Waals surface area (Å²) < 4.78 is 8.25. The average molecular weight is 348 g/mol. The first kappa shape index (κ1) is 18.3. The van der Waals surface area contributed by atoms with E-state index in [0.29, 0.717) is 0 Å². The Balaban J connectivity index is 1.41. The van der Waals surface area contributed by atoms with Crippen LogP contribution in [0.5, 0.6) is 0 Å². The molecule has 2 aliphatic rings. The zero-order valence-electron chi connectivity index (χ0n) is 15.7. The summed E-state index contributed by atoms with van der Waals surface area (Å²) in [7, 11) is 2.06. The average Bonchev–Trinajstić information content (AvgIpc) is 2.99. The van der Waals surface area contributed by atoms with Gasteiger partial charge in [-0.05, 0) is 57.6 Å². The quantitative estimate of drug-likeness (QED) is 0.856. The van der Waals surface area contributed by atoms with Gasteiger partial charge in [-0.25, -0.2) is 4.79 Å². The molecule has 2 fully saturated rings. The standard InChI is InChI=1S/C20H33N3O2/c1-16(8-9-18-7-6-13-23(18)2)21-19(24)22-17-10-14-25-20(15-17)11-4-3-5-12-20/h6-7,13,16-17H,3-5,8-12,14-15H2,1-2H3,(H2,21,22,24)/t16-,17-/m1/s1. The van der Waals surface area contributed by atoms with Crippen LogP contribution in [0, 0.1) is 0 Å². The van der Waals surface area contributed by atoms with Gasteiger partial charge >= 0.3 is 6.03 Å². The minimum atomic E-state index is -0.0303. The van der Waals surface area contributed by atoms with Crippen molar-refractivity contribution in [1.29, 1.82) is 0 Å². The first-order chi connectivity index (χ1) is 12.1. The summed E-state index contributed by atoms with van der Waals surface area (Å²) in [5, 5.41) is 6.29. The lowest BCUT2D eigenvalue weighted by atomic mass is 9.78. The van der Waals surface area contributed by atoms with Crippen molar-refractivity contribution in [3.8, 4) is 0 Å². The highest BCUT2D eigenvalue weighted by atomic mass is 16.5. The molecule has 0 bridgehead atoms. The van der Waals surface area contributed by atoms with Gasteiger partial charge in [0.15, 0.2) is 0 Å². The Bertz CT molecular complexity index is 558. The summed E-state index contributed by atoms with van der Waals surface area (Å²) >= 11 is 0. The minimum Gasteiger partial charge on any atom is -0.375 e. The van der Waals surface area contributed by atoms with Gasteiger partial charge in [-0.15, -0.1) is 0 Å². The van der Waals surface area contributed by atoms with Crippen LogP contribution in [0.15, 0.2) is 18.3 Å². The monoisotopic (exact) mass is 347 g/mol. The lowest BCUT2D eigenvalue weighted by Gasteiger charge is -2.43. The minimum absolute atomic E-state index is 0.0303. The van der Waals surface area contributed by atoms with Gasteiger partial charge in [0.05, 0.1) is 5.60 Å². The molecular weight excluding hydrogens is 314 g/mol. The summed E-state index contributed by atoms with van der Waals surface area (Å²) in [6.45, 7) is 2.85. The Kier molecular flexibility index (Phi) is 6.05. The number of carbonyl (C=O) groups is 1. The van der Waals surface area contributed by atoms with E-state index in [1.165, 1.54) is 25.0 Å². The van der Waals surface area contributed by atoms with Crippen LogP contribution < -0.4 is 10.6 Å². The number of nitrogens with one attached hydrogen (secondary N) is 2. The van der Waals surface area contributed by atoms with Gasteiger partial charge in [-0.3, -0.25) is 0 Å². The van der Waals surface area contributed by atoms with Crippen LogP contribution in [0.25, 0.3) is 0 Å². The van der Waals surface area contributed by atoms with Crippen LogP contribution in [0.2, 0.25) is 0 Å². The molecule has 1 aromatic heterocycles. The lowest BCUT2D eigenvalue weighted by molar-refractivity contribution is -0.107. The molecule has 1 aliphatic heterocycles. The number of urea groups is 1. The number of aromatic nitrogens is 1. The number of amides is 2. The van der Waals surface area contributed by atoms with Crippen molar-refractivity contribution < 1.29 is 9.53 Å². The van der Waals surface area contributed by atoms with Gasteiger partial charge in [0, 0.05) is 37.6 Å². The number of hydrogen-bond donors (Lipinski definition) is 2. The summed E-state index contributed by atoms with van der Waals surface area (Å²) in [6, 6.07) is 4.58. The first-order valence-corrected chi connectivity index (χ1v) is 9.87. The van der Waals surface area contributed by atoms with Crippen molar-refractivity contribution in [3.63, 3.8) is 0 Å². The van der Waals surface area contributed by atoms with E-state index in [2.05, 4.69) is 47.5 Å². The lowest BCUT2D eigenvalue weighted by Crippen LogP contribution is -2.52. The zero-order chi connectivity index (χ0) is 17.7. The predicted octanol–water partition coefficient (Wildman–Crippen LogP) is 3.53. The molecule has 2 amide bonds. The van der Waals surface area contributed by atoms with Crippen molar-refractivity contribution in [2.75, 3.05) is 6.61 Å². The number of ether oxygens (including phenoxy) is 1. The number of carbonyl (C=O) groups excluding carboxylic acids is 1. The third kappa shape index (κ3) is 5.00. The van der Waals surface area contributed by atoms with E-state index in [9.17, 15) is 4.79 Å². The predicted molar refractivity (Wildman–Crippen MR) is 99.7 cm³/mol. The molecule has 5 nitrogen and oxygen atoms in total. The van der Waals surface area contributed by atoms with E-state index in [1.807, 2.05) is 0 Å². The van der Waals surface area contributed by atoms with Gasteiger partial charge in [0.1, 0.15) is 0 Å². The molecular formula is C20H33N3O2. The molecule has 140 valence electrons. The Labute approximate surface area is 151 Å². The summed E-state index contributed by atoms with van der Waals surface area (Å²) in [5.74, 6) is 0. The van der Waals surface area contributed by atoms with Gasteiger partial charge in [0.25, 0.3) is 0 Å². The van der Waals surface area contributed by atoms with Crippen molar-refractivity contribution in [1.82, 2.24) is 15.2 Å². The number of hydrogen-bond acceptors (Lipinski definition) is 2. The van der Waals surface area contributed by atoms with Gasteiger partial charge in [-0.1, -0.05) is 19.3 Å². The summed E-state index contributed by atoms with van der Waals surface area (Å²) in [6.07, 6.45) is 12.0. The zero-order valence-corrected chi connectivity index (χ0v) is 15.7. The maximum Gasteiger partial charge on any atom is 0.315 e. The van der Waals surface area contributed by atoms with Gasteiger partial charge in [0.2, 0.25) is 0 Å². The van der Waals surface area contributed by atoms with Gasteiger partial charge < -0.3 is 19.9 Å². The molecule has 0 aromatic carbocycles. The van der Waals surface area contributed by atoms with E-state index in [1.54, 1.807) is 0 Å². The molecule has 3 rings (SSSR count). The summed E-state index contributed by atoms with van der Waals surface area (Å²) in [4.78, 5) is 12.4. The summed E-state index contributed by atoms with van der Waals surface area (Å²) in [5.41, 5.74) is 1.34. The molecule has 1 saturated carbocycles. The highest BCUT2D eigenvalue weighted by molar-refractivity contribution is 5.74. The fourth-order valence-electron chi connectivity index (χ4n) is 4.34. The van der Waals surface area contributed by atoms with E-state index in [0.717, 1.165) is 45.1 Å². The third-order valence-corrected chi connectivity index (χ3v) is 5.86. The second-order valence-corrected chi connectivity index (χ2v) is 7.95. The van der Waals surface area contributed by atoms with E-state index >= 15 is 0 Å². The fraction of sp³-hybridized carbons (Fsp3) is 0.750. The Morgan fingerprint density at radius 3 is 2.92 bits per heavy atom. The number of nitrogens with zero attached hydrogens (tertiary/aromatic N) is 1. The Morgan fingerprint density at radius 1 is 1.40 bits per heavy atom. The maximum atomic E-state index is 12.4. The van der Waals surface area contributed by atoms with Crippen molar-refractivity contribution in [3.05, 3.63) is 24.0 Å². The van der Waals surface area contributed by atoms with E-state index in [4.69, 9.17) is 4.74 Å². The molecule has 0 unspecified atom stereocenters.